The summed E-state index contributed by atoms with van der Waals surface area (Å²) in [5.41, 5.74) is 0. The number of rotatable bonds is 62. The minimum Gasteiger partial charge on any atom is -0.394 e. The van der Waals surface area contributed by atoms with E-state index >= 15 is 0 Å². The zero-order valence-corrected chi connectivity index (χ0v) is 49.4. The van der Waals surface area contributed by atoms with Crippen molar-refractivity contribution >= 4 is 5.91 Å². The Bertz CT molecular complexity index is 1110. The number of nitrogens with one attached hydrogen (secondary N) is 1. The van der Waals surface area contributed by atoms with E-state index in [2.05, 4.69) is 43.5 Å². The summed E-state index contributed by atoms with van der Waals surface area (Å²) in [5.74, 6) is -0.587. The van der Waals surface area contributed by atoms with Crippen molar-refractivity contribution in [1.29, 1.82) is 0 Å². The molecule has 5 N–H and O–H groups in total. The molecule has 0 rings (SSSR count). The highest BCUT2D eigenvalue weighted by Gasteiger charge is 2.28. The molecule has 434 valence electrons. The molecule has 0 aliphatic heterocycles. The Balaban J connectivity index is 3.58. The van der Waals surface area contributed by atoms with Crippen LogP contribution in [0.4, 0.5) is 0 Å². The number of amides is 1. The molecule has 6 nitrogen and oxygen atoms in total. The third kappa shape index (κ3) is 55.4. The monoisotopic (exact) mass is 1030 g/mol. The number of carbonyl (C=O) groups excluding carboxylic acids is 1. The average molecular weight is 1030 g/mol. The Morgan fingerprint density at radius 1 is 0.329 bits per heavy atom. The van der Waals surface area contributed by atoms with Crippen LogP contribution in [0.3, 0.4) is 0 Å². The molecule has 73 heavy (non-hydrogen) atoms. The normalized spacial score (nSPS) is 13.7. The van der Waals surface area contributed by atoms with Crippen LogP contribution in [0, 0.1) is 0 Å². The quantitative estimate of drug-likeness (QED) is 0.0308. The van der Waals surface area contributed by atoms with Gasteiger partial charge in [0, 0.05) is 0 Å². The van der Waals surface area contributed by atoms with Gasteiger partial charge >= 0.3 is 0 Å². The molecule has 0 spiro atoms. The number of unbranched alkanes of at least 4 members (excludes halogenated alkanes) is 49. The summed E-state index contributed by atoms with van der Waals surface area (Å²) >= 11 is 0. The molecule has 4 atom stereocenters. The third-order valence-corrected chi connectivity index (χ3v) is 15.9. The molecule has 0 heterocycles. The van der Waals surface area contributed by atoms with E-state index in [-0.39, 0.29) is 0 Å². The maximum absolute atomic E-state index is 12.6. The molecule has 0 aromatic carbocycles. The summed E-state index contributed by atoms with van der Waals surface area (Å²) < 4.78 is 0. The molecule has 0 bridgehead atoms. The number of allylic oxidation sites excluding steroid dienone is 4. The summed E-state index contributed by atoms with van der Waals surface area (Å²) in [6.07, 6.45) is 77.2. The van der Waals surface area contributed by atoms with Crippen LogP contribution in [-0.2, 0) is 4.79 Å². The van der Waals surface area contributed by atoms with E-state index in [0.29, 0.717) is 12.8 Å². The van der Waals surface area contributed by atoms with Crippen molar-refractivity contribution in [2.75, 3.05) is 6.61 Å². The van der Waals surface area contributed by atoms with E-state index in [1.165, 1.54) is 302 Å². The van der Waals surface area contributed by atoms with Gasteiger partial charge in [-0.3, -0.25) is 4.79 Å². The predicted molar refractivity (Wildman–Crippen MR) is 321 cm³/mol. The van der Waals surface area contributed by atoms with Gasteiger partial charge < -0.3 is 25.7 Å². The molecular weight excluding hydrogens is 899 g/mol. The van der Waals surface area contributed by atoms with E-state index in [1.54, 1.807) is 0 Å². The highest BCUT2D eigenvalue weighted by atomic mass is 16.3. The van der Waals surface area contributed by atoms with Crippen LogP contribution in [0.25, 0.3) is 0 Å². The predicted octanol–water partition coefficient (Wildman–Crippen LogP) is 20.2. The first-order valence-corrected chi connectivity index (χ1v) is 33.2. The fourth-order valence-electron chi connectivity index (χ4n) is 10.7. The fraction of sp³-hybridized carbons (Fsp3) is 0.925. The molecule has 0 saturated carbocycles. The van der Waals surface area contributed by atoms with Gasteiger partial charge in [0.15, 0.2) is 0 Å². The number of hydrogen-bond donors (Lipinski definition) is 5. The van der Waals surface area contributed by atoms with Crippen LogP contribution >= 0.6 is 0 Å². The van der Waals surface area contributed by atoms with Crippen molar-refractivity contribution in [3.8, 4) is 0 Å². The summed E-state index contributed by atoms with van der Waals surface area (Å²) in [5, 5.41) is 44.1. The van der Waals surface area contributed by atoms with Crippen molar-refractivity contribution < 1.29 is 25.2 Å². The third-order valence-electron chi connectivity index (χ3n) is 15.9. The van der Waals surface area contributed by atoms with Crippen LogP contribution in [0.1, 0.15) is 367 Å². The Labute approximate surface area is 456 Å². The second kappa shape index (κ2) is 61.6. The van der Waals surface area contributed by atoms with E-state index in [9.17, 15) is 25.2 Å². The van der Waals surface area contributed by atoms with E-state index in [1.807, 2.05) is 0 Å². The molecule has 4 unspecified atom stereocenters. The molecular formula is C67H131NO5. The van der Waals surface area contributed by atoms with Gasteiger partial charge in [-0.05, 0) is 64.2 Å². The zero-order valence-electron chi connectivity index (χ0n) is 49.4. The Morgan fingerprint density at radius 2 is 0.562 bits per heavy atom. The minimum absolute atomic E-state index is 0.366. The molecule has 0 aliphatic rings. The lowest BCUT2D eigenvalue weighted by Crippen LogP contribution is -2.53. The molecule has 0 aromatic rings. The molecule has 0 aromatic heterocycles. The van der Waals surface area contributed by atoms with Crippen molar-refractivity contribution in [3.05, 3.63) is 24.3 Å². The maximum Gasteiger partial charge on any atom is 0.249 e. The van der Waals surface area contributed by atoms with Gasteiger partial charge in [-0.1, -0.05) is 327 Å². The Morgan fingerprint density at radius 3 is 0.822 bits per heavy atom. The van der Waals surface area contributed by atoms with Gasteiger partial charge in [-0.25, -0.2) is 0 Å². The van der Waals surface area contributed by atoms with Crippen LogP contribution in [0.15, 0.2) is 24.3 Å². The fourth-order valence-corrected chi connectivity index (χ4v) is 10.7. The number of aliphatic hydroxyl groups excluding tert-OH is 4. The largest absolute Gasteiger partial charge is 0.394 e. The molecule has 0 radical (unpaired) electrons. The summed E-state index contributed by atoms with van der Waals surface area (Å²) in [6, 6.07) is -1.00. The second-order valence-corrected chi connectivity index (χ2v) is 23.2. The second-order valence-electron chi connectivity index (χ2n) is 23.2. The van der Waals surface area contributed by atoms with Gasteiger partial charge in [-0.2, -0.15) is 0 Å². The smallest absolute Gasteiger partial charge is 0.249 e. The van der Waals surface area contributed by atoms with Crippen molar-refractivity contribution in [1.82, 2.24) is 5.32 Å². The average Bonchev–Trinajstić information content (AvgIpc) is 3.40. The van der Waals surface area contributed by atoms with Gasteiger partial charge in [0.25, 0.3) is 0 Å². The topological polar surface area (TPSA) is 110 Å². The SMILES string of the molecule is CCCCCCCCCCCCCC/C=C\CCCCCCCCCCCCCCCCC(O)C(=O)NC(CO)C(O)C(O)CCC/C=C/CCCCCCCCCCCCCCCCCCCCCCCC. The van der Waals surface area contributed by atoms with E-state index < -0.39 is 36.9 Å². The summed E-state index contributed by atoms with van der Waals surface area (Å²) in [4.78, 5) is 12.6. The summed E-state index contributed by atoms with van der Waals surface area (Å²) in [6.45, 7) is 4.10. The molecule has 0 saturated heterocycles. The first-order chi connectivity index (χ1) is 36.0. The lowest BCUT2D eigenvalue weighted by molar-refractivity contribution is -0.132. The number of hydrogen-bond acceptors (Lipinski definition) is 5. The first-order valence-electron chi connectivity index (χ1n) is 33.2. The van der Waals surface area contributed by atoms with Gasteiger partial charge in [-0.15, -0.1) is 0 Å². The maximum atomic E-state index is 12.6. The first kappa shape index (κ1) is 71.8. The van der Waals surface area contributed by atoms with Crippen molar-refractivity contribution in [2.45, 2.75) is 391 Å². The Kier molecular flexibility index (Phi) is 60.6. The molecule has 0 aliphatic carbocycles. The standard InChI is InChI=1S/C67H131NO5/c1-3-5-7-9-11-13-15-17-19-21-23-25-27-29-31-32-33-35-37-39-41-43-45-47-49-51-53-55-57-59-61-65(71)67(73)68-63(62-69)66(72)64(70)60-58-56-54-52-50-48-46-44-42-40-38-36-34-30-28-26-24-22-20-18-16-14-12-10-8-6-4-2/h29,31,52,54,63-66,69-72H,3-28,30,32-51,53,55-62H2,1-2H3,(H,68,73)/b31-29-,54-52+. The molecule has 6 heteroatoms. The van der Waals surface area contributed by atoms with E-state index in [0.717, 1.165) is 38.5 Å². The van der Waals surface area contributed by atoms with Crippen molar-refractivity contribution in [3.63, 3.8) is 0 Å². The highest BCUT2D eigenvalue weighted by molar-refractivity contribution is 5.80. The molecule has 1 amide bonds. The van der Waals surface area contributed by atoms with E-state index in [4.69, 9.17) is 0 Å². The van der Waals surface area contributed by atoms with Crippen LogP contribution in [0.5, 0.6) is 0 Å². The van der Waals surface area contributed by atoms with Crippen molar-refractivity contribution in [2.24, 2.45) is 0 Å². The van der Waals surface area contributed by atoms with Gasteiger partial charge in [0.05, 0.1) is 18.8 Å². The summed E-state index contributed by atoms with van der Waals surface area (Å²) in [7, 11) is 0. The Hall–Kier alpha value is -1.21. The number of carbonyl (C=O) groups is 1. The lowest BCUT2D eigenvalue weighted by atomic mass is 10.00. The highest BCUT2D eigenvalue weighted by Crippen LogP contribution is 2.19. The van der Waals surface area contributed by atoms with Gasteiger partial charge in [0.2, 0.25) is 5.91 Å². The number of aliphatic hydroxyl groups is 4. The van der Waals surface area contributed by atoms with Gasteiger partial charge in [0.1, 0.15) is 12.2 Å². The molecule has 0 fully saturated rings. The van der Waals surface area contributed by atoms with Crippen LogP contribution < -0.4 is 5.32 Å². The lowest BCUT2D eigenvalue weighted by Gasteiger charge is -2.27. The van der Waals surface area contributed by atoms with Crippen LogP contribution in [-0.4, -0.2) is 57.3 Å². The zero-order chi connectivity index (χ0) is 53.0. The van der Waals surface area contributed by atoms with Crippen LogP contribution in [0.2, 0.25) is 0 Å². The minimum atomic E-state index is -1.28.